The van der Waals surface area contributed by atoms with Crippen LogP contribution in [0.3, 0.4) is 0 Å². The van der Waals surface area contributed by atoms with E-state index < -0.39 is 0 Å². The third-order valence-electron chi connectivity index (χ3n) is 3.38. The number of amides is 1. The molecule has 1 aliphatic heterocycles. The molecule has 4 heteroatoms. The van der Waals surface area contributed by atoms with E-state index in [1.807, 2.05) is 14.0 Å². The van der Waals surface area contributed by atoms with Gasteiger partial charge >= 0.3 is 0 Å². The van der Waals surface area contributed by atoms with Crippen LogP contribution in [0.25, 0.3) is 0 Å². The Hall–Kier alpha value is -0.280. The largest absolute Gasteiger partial charge is 0.337 e. The number of carbonyl (C=O) groups excluding carboxylic acids is 1. The minimum Gasteiger partial charge on any atom is -0.337 e. The lowest BCUT2D eigenvalue weighted by Gasteiger charge is -2.40. The molecular weight excluding hydrogens is 224 g/mol. The maximum atomic E-state index is 12.2. The van der Waals surface area contributed by atoms with E-state index in [4.69, 9.17) is 0 Å². The Labute approximate surface area is 105 Å². The van der Waals surface area contributed by atoms with Gasteiger partial charge in [-0.05, 0) is 40.2 Å². The summed E-state index contributed by atoms with van der Waals surface area (Å²) in [7, 11) is 1.90. The predicted molar refractivity (Wildman–Crippen MR) is 70.0 cm³/mol. The molecule has 1 rings (SSSR count). The summed E-state index contributed by atoms with van der Waals surface area (Å²) in [4.78, 5) is 14.3. The van der Waals surface area contributed by atoms with Crippen LogP contribution in [-0.2, 0) is 4.79 Å². The molecule has 1 saturated heterocycles. The fourth-order valence-corrected chi connectivity index (χ4v) is 2.50. The molecule has 3 unspecified atom stereocenters. The van der Waals surface area contributed by atoms with Gasteiger partial charge in [0.05, 0.1) is 0 Å². The van der Waals surface area contributed by atoms with Crippen molar-refractivity contribution in [1.29, 1.82) is 0 Å². The second-order valence-electron chi connectivity index (χ2n) is 4.83. The van der Waals surface area contributed by atoms with Crippen molar-refractivity contribution in [3.8, 4) is 0 Å². The molecule has 1 amide bonds. The normalized spacial score (nSPS) is 27.1. The van der Waals surface area contributed by atoms with E-state index in [1.165, 1.54) is 6.42 Å². The highest BCUT2D eigenvalue weighted by atomic mass is 35.5. The van der Waals surface area contributed by atoms with Gasteiger partial charge in [-0.25, -0.2) is 0 Å². The van der Waals surface area contributed by atoms with Crippen molar-refractivity contribution in [2.24, 2.45) is 5.92 Å². The fraction of sp³-hybridized carbons (Fsp3) is 0.917. The Kier molecular flexibility index (Phi) is 7.00. The van der Waals surface area contributed by atoms with Crippen LogP contribution in [-0.4, -0.2) is 36.5 Å². The minimum absolute atomic E-state index is 0. The van der Waals surface area contributed by atoms with Crippen LogP contribution in [0.5, 0.6) is 0 Å². The summed E-state index contributed by atoms with van der Waals surface area (Å²) in [5.41, 5.74) is 0. The van der Waals surface area contributed by atoms with Crippen molar-refractivity contribution >= 4 is 18.3 Å². The highest BCUT2D eigenvalue weighted by molar-refractivity contribution is 5.85. The van der Waals surface area contributed by atoms with Crippen molar-refractivity contribution in [3.05, 3.63) is 0 Å². The highest BCUT2D eigenvalue weighted by Crippen LogP contribution is 2.24. The molecule has 0 aromatic carbocycles. The number of halogens is 1. The van der Waals surface area contributed by atoms with Crippen LogP contribution in [0.15, 0.2) is 0 Å². The molecule has 0 aromatic rings. The molecule has 1 aliphatic rings. The number of rotatable bonds is 3. The van der Waals surface area contributed by atoms with Gasteiger partial charge in [0, 0.05) is 24.5 Å². The second-order valence-corrected chi connectivity index (χ2v) is 4.83. The lowest BCUT2D eigenvalue weighted by Crippen LogP contribution is -2.50. The Bertz CT molecular complexity index is 213. The average Bonchev–Trinajstić information content (AvgIpc) is 2.17. The molecule has 1 heterocycles. The zero-order valence-electron chi connectivity index (χ0n) is 10.8. The smallest absolute Gasteiger partial charge is 0.227 e. The molecule has 0 radical (unpaired) electrons. The summed E-state index contributed by atoms with van der Waals surface area (Å²) in [5.74, 6) is 0.405. The Morgan fingerprint density at radius 1 is 1.38 bits per heavy atom. The van der Waals surface area contributed by atoms with Crippen molar-refractivity contribution in [3.63, 3.8) is 0 Å². The molecule has 3 nitrogen and oxygen atoms in total. The number of carbonyl (C=O) groups is 1. The molecule has 0 aromatic heterocycles. The third-order valence-corrected chi connectivity index (χ3v) is 3.38. The Morgan fingerprint density at radius 3 is 2.31 bits per heavy atom. The van der Waals surface area contributed by atoms with Crippen LogP contribution >= 0.6 is 12.4 Å². The molecule has 3 atom stereocenters. The van der Waals surface area contributed by atoms with Gasteiger partial charge < -0.3 is 10.2 Å². The van der Waals surface area contributed by atoms with Crippen molar-refractivity contribution in [2.75, 3.05) is 13.6 Å². The molecule has 0 spiro atoms. The topological polar surface area (TPSA) is 32.3 Å². The van der Waals surface area contributed by atoms with Gasteiger partial charge in [-0.3, -0.25) is 4.79 Å². The van der Waals surface area contributed by atoms with Gasteiger partial charge in [-0.2, -0.15) is 0 Å². The van der Waals surface area contributed by atoms with Gasteiger partial charge in [0.2, 0.25) is 5.91 Å². The van der Waals surface area contributed by atoms with Gasteiger partial charge in [0.1, 0.15) is 0 Å². The summed E-state index contributed by atoms with van der Waals surface area (Å²) in [5, 5.41) is 3.07. The summed E-state index contributed by atoms with van der Waals surface area (Å²) in [6, 6.07) is 0.834. The maximum Gasteiger partial charge on any atom is 0.227 e. The van der Waals surface area contributed by atoms with Crippen molar-refractivity contribution < 1.29 is 4.79 Å². The first-order chi connectivity index (χ1) is 7.07. The monoisotopic (exact) mass is 248 g/mol. The van der Waals surface area contributed by atoms with Crippen LogP contribution in [0, 0.1) is 5.92 Å². The number of nitrogens with one attached hydrogen (secondary N) is 1. The first-order valence-electron chi connectivity index (χ1n) is 6.04. The van der Waals surface area contributed by atoms with E-state index >= 15 is 0 Å². The van der Waals surface area contributed by atoms with Crippen LogP contribution in [0.4, 0.5) is 0 Å². The van der Waals surface area contributed by atoms with Crippen LogP contribution in [0.2, 0.25) is 0 Å². The molecule has 1 fully saturated rings. The average molecular weight is 249 g/mol. The summed E-state index contributed by atoms with van der Waals surface area (Å²) >= 11 is 0. The zero-order valence-corrected chi connectivity index (χ0v) is 11.6. The number of likely N-dealkylation sites (tertiary alicyclic amines) is 1. The molecule has 0 aliphatic carbocycles. The molecule has 1 N–H and O–H groups in total. The summed E-state index contributed by atoms with van der Waals surface area (Å²) in [6.45, 7) is 7.11. The SMILES string of the molecule is CNCC(C)C(=O)N1C(C)CCCC1C.Cl. The predicted octanol–water partition coefficient (Wildman–Crippen LogP) is 2.05. The van der Waals surface area contributed by atoms with Crippen molar-refractivity contribution in [1.82, 2.24) is 10.2 Å². The third kappa shape index (κ3) is 3.63. The van der Waals surface area contributed by atoms with E-state index in [9.17, 15) is 4.79 Å². The fourth-order valence-electron chi connectivity index (χ4n) is 2.50. The summed E-state index contributed by atoms with van der Waals surface area (Å²) < 4.78 is 0. The lowest BCUT2D eigenvalue weighted by atomic mass is 9.95. The molecule has 0 bridgehead atoms. The van der Waals surface area contributed by atoms with Gasteiger partial charge in [-0.15, -0.1) is 12.4 Å². The van der Waals surface area contributed by atoms with Gasteiger partial charge in [0.25, 0.3) is 0 Å². The first-order valence-corrected chi connectivity index (χ1v) is 6.04. The lowest BCUT2D eigenvalue weighted by molar-refractivity contribution is -0.141. The van der Waals surface area contributed by atoms with E-state index in [-0.39, 0.29) is 18.3 Å². The van der Waals surface area contributed by atoms with Gasteiger partial charge in [-0.1, -0.05) is 6.92 Å². The number of piperidine rings is 1. The summed E-state index contributed by atoms with van der Waals surface area (Å²) in [6.07, 6.45) is 3.57. The van der Waals surface area contributed by atoms with E-state index in [2.05, 4.69) is 24.1 Å². The first kappa shape index (κ1) is 15.7. The van der Waals surface area contributed by atoms with Crippen molar-refractivity contribution in [2.45, 2.75) is 52.1 Å². The minimum atomic E-state index is 0. The molecule has 0 saturated carbocycles. The number of nitrogens with zero attached hydrogens (tertiary/aromatic N) is 1. The van der Waals surface area contributed by atoms with E-state index in [1.54, 1.807) is 0 Å². The Morgan fingerprint density at radius 2 is 1.88 bits per heavy atom. The highest BCUT2D eigenvalue weighted by Gasteiger charge is 2.31. The molecule has 16 heavy (non-hydrogen) atoms. The maximum absolute atomic E-state index is 12.2. The van der Waals surface area contributed by atoms with Gasteiger partial charge in [0.15, 0.2) is 0 Å². The van der Waals surface area contributed by atoms with E-state index in [0.717, 1.165) is 19.4 Å². The van der Waals surface area contributed by atoms with Crippen LogP contribution < -0.4 is 5.32 Å². The zero-order chi connectivity index (χ0) is 11.4. The quantitative estimate of drug-likeness (QED) is 0.829. The number of hydrogen-bond donors (Lipinski definition) is 1. The van der Waals surface area contributed by atoms with E-state index in [0.29, 0.717) is 18.0 Å². The second kappa shape index (κ2) is 7.13. The Balaban J connectivity index is 0.00000225. The van der Waals surface area contributed by atoms with Crippen LogP contribution in [0.1, 0.15) is 40.0 Å². The number of hydrogen-bond acceptors (Lipinski definition) is 2. The molecular formula is C12H25ClN2O. The standard InChI is InChI=1S/C12H24N2O.ClH/c1-9(8-13-4)12(15)14-10(2)6-5-7-11(14)3;/h9-11,13H,5-8H2,1-4H3;1H. The molecule has 96 valence electrons.